The first-order valence-corrected chi connectivity index (χ1v) is 8.97. The van der Waals surface area contributed by atoms with Crippen molar-refractivity contribution in [2.45, 2.75) is 6.42 Å². The molecule has 0 saturated carbocycles. The third-order valence-corrected chi connectivity index (χ3v) is 4.54. The molecule has 2 aromatic heterocycles. The molecule has 7 nitrogen and oxygen atoms in total. The molecular formula is C18H16N6OS. The molecule has 2 heterocycles. The molecule has 0 radical (unpaired) electrons. The normalized spacial score (nSPS) is 10.8. The van der Waals surface area contributed by atoms with E-state index in [-0.39, 0.29) is 12.0 Å². The van der Waals surface area contributed by atoms with Crippen LogP contribution in [0.25, 0.3) is 10.2 Å². The van der Waals surface area contributed by atoms with Crippen molar-refractivity contribution in [3.05, 3.63) is 59.6 Å². The van der Waals surface area contributed by atoms with Gasteiger partial charge >= 0.3 is 6.01 Å². The van der Waals surface area contributed by atoms with Crippen LogP contribution in [0.15, 0.2) is 54.0 Å². The third kappa shape index (κ3) is 3.86. The van der Waals surface area contributed by atoms with Crippen LogP contribution in [0.4, 0.5) is 17.6 Å². The first-order chi connectivity index (χ1) is 12.8. The van der Waals surface area contributed by atoms with Gasteiger partial charge in [0.05, 0.1) is 15.7 Å². The SMILES string of the molecule is Oc1nc(NCCc2ccccc2)nc(Nc2ccc3ncsc3c2)n1. The highest BCUT2D eigenvalue weighted by Gasteiger charge is 2.07. The second-order valence-corrected chi connectivity index (χ2v) is 6.49. The van der Waals surface area contributed by atoms with E-state index < -0.39 is 0 Å². The number of aromatic nitrogens is 4. The van der Waals surface area contributed by atoms with Gasteiger partial charge in [-0.25, -0.2) is 4.98 Å². The Morgan fingerprint density at radius 3 is 2.69 bits per heavy atom. The van der Waals surface area contributed by atoms with Crippen molar-refractivity contribution in [2.24, 2.45) is 0 Å². The minimum absolute atomic E-state index is 0.281. The average molecular weight is 364 g/mol. The monoisotopic (exact) mass is 364 g/mol. The Labute approximate surface area is 153 Å². The Bertz CT molecular complexity index is 1020. The number of anilines is 3. The molecule has 0 atom stereocenters. The Morgan fingerprint density at radius 2 is 1.81 bits per heavy atom. The molecule has 0 saturated heterocycles. The summed E-state index contributed by atoms with van der Waals surface area (Å²) in [4.78, 5) is 16.4. The summed E-state index contributed by atoms with van der Waals surface area (Å²) >= 11 is 1.56. The van der Waals surface area contributed by atoms with Gasteiger partial charge in [0.1, 0.15) is 0 Å². The van der Waals surface area contributed by atoms with Crippen molar-refractivity contribution >= 4 is 39.1 Å². The molecule has 2 aromatic carbocycles. The number of thiazole rings is 1. The summed E-state index contributed by atoms with van der Waals surface area (Å²) in [5, 5.41) is 16.0. The molecule has 8 heteroatoms. The van der Waals surface area contributed by atoms with Crippen molar-refractivity contribution in [2.75, 3.05) is 17.2 Å². The molecule has 0 fully saturated rings. The van der Waals surface area contributed by atoms with Crippen molar-refractivity contribution in [1.29, 1.82) is 0 Å². The topological polar surface area (TPSA) is 95.9 Å². The molecule has 0 aliphatic rings. The summed E-state index contributed by atoms with van der Waals surface area (Å²) in [6.45, 7) is 0.653. The number of benzene rings is 2. The number of aromatic hydroxyl groups is 1. The number of nitrogens with zero attached hydrogens (tertiary/aromatic N) is 4. The zero-order valence-electron chi connectivity index (χ0n) is 13.8. The van der Waals surface area contributed by atoms with E-state index in [1.54, 1.807) is 16.8 Å². The largest absolute Gasteiger partial charge is 0.479 e. The molecule has 4 rings (SSSR count). The smallest absolute Gasteiger partial charge is 0.320 e. The van der Waals surface area contributed by atoms with E-state index in [4.69, 9.17) is 0 Å². The summed E-state index contributed by atoms with van der Waals surface area (Å²) in [5.41, 5.74) is 4.79. The summed E-state index contributed by atoms with van der Waals surface area (Å²) in [7, 11) is 0. The van der Waals surface area contributed by atoms with Crippen LogP contribution in [0.1, 0.15) is 5.56 Å². The first-order valence-electron chi connectivity index (χ1n) is 8.09. The van der Waals surface area contributed by atoms with E-state index in [0.29, 0.717) is 12.5 Å². The fourth-order valence-electron chi connectivity index (χ4n) is 2.52. The van der Waals surface area contributed by atoms with Crippen LogP contribution in [0.5, 0.6) is 6.01 Å². The maximum Gasteiger partial charge on any atom is 0.320 e. The lowest BCUT2D eigenvalue weighted by Crippen LogP contribution is -2.10. The fraction of sp³-hybridized carbons (Fsp3) is 0.111. The van der Waals surface area contributed by atoms with E-state index in [1.165, 1.54) is 5.56 Å². The molecular weight excluding hydrogens is 348 g/mol. The predicted octanol–water partition coefficient (Wildman–Crippen LogP) is 3.59. The molecule has 26 heavy (non-hydrogen) atoms. The quantitative estimate of drug-likeness (QED) is 0.481. The summed E-state index contributed by atoms with van der Waals surface area (Å²) in [6, 6.07) is 15.6. The number of rotatable bonds is 6. The van der Waals surface area contributed by atoms with E-state index >= 15 is 0 Å². The van der Waals surface area contributed by atoms with Crippen molar-refractivity contribution in [3.63, 3.8) is 0 Å². The van der Waals surface area contributed by atoms with Crippen LogP contribution in [-0.4, -0.2) is 31.6 Å². The van der Waals surface area contributed by atoms with Gasteiger partial charge in [-0.15, -0.1) is 11.3 Å². The zero-order chi connectivity index (χ0) is 17.8. The van der Waals surface area contributed by atoms with Crippen LogP contribution >= 0.6 is 11.3 Å². The van der Waals surface area contributed by atoms with Crippen molar-refractivity contribution in [3.8, 4) is 6.01 Å². The molecule has 0 aliphatic carbocycles. The van der Waals surface area contributed by atoms with Gasteiger partial charge in [0, 0.05) is 12.2 Å². The third-order valence-electron chi connectivity index (χ3n) is 3.75. The van der Waals surface area contributed by atoms with Crippen LogP contribution < -0.4 is 10.6 Å². The summed E-state index contributed by atoms with van der Waals surface area (Å²) in [6.07, 6.45) is 0.831. The Balaban J connectivity index is 1.45. The Kier molecular flexibility index (Phi) is 4.57. The van der Waals surface area contributed by atoms with Gasteiger partial charge in [0.25, 0.3) is 0 Å². The number of hydrogen-bond acceptors (Lipinski definition) is 8. The second kappa shape index (κ2) is 7.32. The molecule has 4 aromatic rings. The van der Waals surface area contributed by atoms with Gasteiger partial charge in [0.15, 0.2) is 0 Å². The van der Waals surface area contributed by atoms with Gasteiger partial charge in [0.2, 0.25) is 11.9 Å². The maximum absolute atomic E-state index is 9.78. The minimum Gasteiger partial charge on any atom is -0.479 e. The van der Waals surface area contributed by atoms with Gasteiger partial charge in [-0.3, -0.25) is 0 Å². The number of hydrogen-bond donors (Lipinski definition) is 3. The lowest BCUT2D eigenvalue weighted by molar-refractivity contribution is 0.430. The predicted molar refractivity (Wildman–Crippen MR) is 103 cm³/mol. The van der Waals surface area contributed by atoms with Crippen molar-refractivity contribution < 1.29 is 5.11 Å². The van der Waals surface area contributed by atoms with Crippen LogP contribution in [0, 0.1) is 0 Å². The molecule has 0 bridgehead atoms. The fourth-order valence-corrected chi connectivity index (χ4v) is 3.24. The number of fused-ring (bicyclic) bond motifs is 1. The molecule has 130 valence electrons. The summed E-state index contributed by atoms with van der Waals surface area (Å²) < 4.78 is 1.06. The van der Waals surface area contributed by atoms with Gasteiger partial charge in [-0.1, -0.05) is 30.3 Å². The Morgan fingerprint density at radius 1 is 0.962 bits per heavy atom. The summed E-state index contributed by atoms with van der Waals surface area (Å²) in [5.74, 6) is 0.610. The first kappa shape index (κ1) is 16.2. The van der Waals surface area contributed by atoms with Gasteiger partial charge < -0.3 is 15.7 Å². The van der Waals surface area contributed by atoms with E-state index in [0.717, 1.165) is 22.3 Å². The molecule has 0 aliphatic heterocycles. The molecule has 0 unspecified atom stereocenters. The molecule has 0 amide bonds. The average Bonchev–Trinajstić information content (AvgIpc) is 3.10. The number of nitrogens with one attached hydrogen (secondary N) is 2. The van der Waals surface area contributed by atoms with E-state index in [1.807, 2.05) is 36.4 Å². The molecule has 0 spiro atoms. The zero-order valence-corrected chi connectivity index (χ0v) is 14.6. The van der Waals surface area contributed by atoms with Gasteiger partial charge in [-0.2, -0.15) is 15.0 Å². The van der Waals surface area contributed by atoms with E-state index in [9.17, 15) is 5.11 Å². The van der Waals surface area contributed by atoms with Crippen LogP contribution in [0.2, 0.25) is 0 Å². The molecule has 3 N–H and O–H groups in total. The maximum atomic E-state index is 9.78. The minimum atomic E-state index is -0.330. The highest BCUT2D eigenvalue weighted by atomic mass is 32.1. The van der Waals surface area contributed by atoms with E-state index in [2.05, 4.69) is 42.7 Å². The second-order valence-electron chi connectivity index (χ2n) is 5.60. The van der Waals surface area contributed by atoms with Crippen molar-refractivity contribution in [1.82, 2.24) is 19.9 Å². The van der Waals surface area contributed by atoms with Gasteiger partial charge in [-0.05, 0) is 30.2 Å². The van der Waals surface area contributed by atoms with Crippen LogP contribution in [-0.2, 0) is 6.42 Å². The van der Waals surface area contributed by atoms with Crippen LogP contribution in [0.3, 0.4) is 0 Å². The lowest BCUT2D eigenvalue weighted by atomic mass is 10.1. The highest BCUT2D eigenvalue weighted by Crippen LogP contribution is 2.24. The highest BCUT2D eigenvalue weighted by molar-refractivity contribution is 7.16. The Hall–Kier alpha value is -3.26. The lowest BCUT2D eigenvalue weighted by Gasteiger charge is -2.08. The standard InChI is InChI=1S/C18H16N6OS/c25-18-23-16(19-9-8-12-4-2-1-3-5-12)22-17(24-18)21-13-6-7-14-15(10-13)26-11-20-14/h1-7,10-11H,8-9H2,(H3,19,21,22,23,24,25).